The van der Waals surface area contributed by atoms with Gasteiger partial charge in [0.05, 0.1) is 32.3 Å². The molecule has 2 heterocycles. The van der Waals surface area contributed by atoms with Crippen molar-refractivity contribution in [1.29, 1.82) is 0 Å². The number of rotatable bonds is 10. The molecule has 0 aromatic carbocycles. The monoisotopic (exact) mass is 534 g/mol. The lowest BCUT2D eigenvalue weighted by Crippen LogP contribution is -2.43. The van der Waals surface area contributed by atoms with Crippen molar-refractivity contribution in [3.05, 3.63) is 46.3 Å². The molecular weight excluding hydrogens is 496 g/mol. The highest BCUT2D eigenvalue weighted by Gasteiger charge is 2.48. The van der Waals surface area contributed by atoms with Crippen molar-refractivity contribution in [2.24, 2.45) is 0 Å². The summed E-state index contributed by atoms with van der Waals surface area (Å²) in [5.41, 5.74) is 3.24. The van der Waals surface area contributed by atoms with E-state index in [0.717, 1.165) is 12.8 Å². The summed E-state index contributed by atoms with van der Waals surface area (Å²) in [6.07, 6.45) is 6.92. The number of ether oxygens (including phenoxy) is 4. The average Bonchev–Trinajstić information content (AvgIpc) is 2.94. The van der Waals surface area contributed by atoms with Crippen molar-refractivity contribution < 1.29 is 48.3 Å². The van der Waals surface area contributed by atoms with Crippen LogP contribution >= 0.6 is 0 Å². The van der Waals surface area contributed by atoms with Gasteiger partial charge in [0.15, 0.2) is 0 Å². The number of allylic oxidation sites excluding steroid dienone is 4. The Balaban J connectivity index is 2.27. The zero-order valence-corrected chi connectivity index (χ0v) is 22.5. The van der Waals surface area contributed by atoms with E-state index >= 15 is 0 Å². The van der Waals surface area contributed by atoms with Crippen LogP contribution in [0.25, 0.3) is 0 Å². The second-order valence-corrected chi connectivity index (χ2v) is 9.66. The Morgan fingerprint density at radius 1 is 0.868 bits per heavy atom. The maximum Gasteiger partial charge on any atom is 0.437 e. The fourth-order valence-corrected chi connectivity index (χ4v) is 3.88. The number of aliphatic hydroxyl groups is 2. The third-order valence-corrected chi connectivity index (χ3v) is 6.06. The van der Waals surface area contributed by atoms with E-state index in [4.69, 9.17) is 18.9 Å². The molecule has 1 fully saturated rings. The Bertz CT molecular complexity index is 1010. The number of esters is 4. The molecule has 0 saturated carbocycles. The average molecular weight is 535 g/mol. The zero-order chi connectivity index (χ0) is 28.3. The number of hydrogen-bond acceptors (Lipinski definition) is 10. The second-order valence-electron chi connectivity index (χ2n) is 9.66. The van der Waals surface area contributed by atoms with E-state index in [0.29, 0.717) is 18.4 Å². The Labute approximate surface area is 223 Å². The molecule has 10 heteroatoms. The van der Waals surface area contributed by atoms with Gasteiger partial charge in [0.1, 0.15) is 6.10 Å². The first-order chi connectivity index (χ1) is 17.9. The third-order valence-electron chi connectivity index (χ3n) is 6.06. The van der Waals surface area contributed by atoms with Crippen LogP contribution in [0.3, 0.4) is 0 Å². The van der Waals surface area contributed by atoms with Gasteiger partial charge >= 0.3 is 29.9 Å². The molecule has 2 N–H and O–H groups in total. The summed E-state index contributed by atoms with van der Waals surface area (Å²) in [6.45, 7) is 7.38. The smallest absolute Gasteiger partial charge is 0.437 e. The van der Waals surface area contributed by atoms with Crippen molar-refractivity contribution >= 4 is 23.9 Å². The zero-order valence-electron chi connectivity index (χ0n) is 22.5. The van der Waals surface area contributed by atoms with Crippen LogP contribution in [0.15, 0.2) is 46.3 Å². The highest BCUT2D eigenvalue weighted by atomic mass is 16.9. The molecule has 10 nitrogen and oxygen atoms in total. The number of aliphatic hydroxyl groups excluding tert-OH is 1. The fourth-order valence-electron chi connectivity index (χ4n) is 3.88. The van der Waals surface area contributed by atoms with Crippen molar-refractivity contribution in [3.8, 4) is 0 Å². The van der Waals surface area contributed by atoms with Crippen molar-refractivity contribution in [1.82, 2.24) is 0 Å². The van der Waals surface area contributed by atoms with Crippen LogP contribution in [0.2, 0.25) is 0 Å². The van der Waals surface area contributed by atoms with Gasteiger partial charge < -0.3 is 29.2 Å². The Hall–Kier alpha value is -3.24. The molecule has 1 saturated heterocycles. The highest BCUT2D eigenvalue weighted by molar-refractivity contribution is 5.81. The molecule has 0 radical (unpaired) electrons. The van der Waals surface area contributed by atoms with Gasteiger partial charge in [-0.2, -0.15) is 0 Å². The summed E-state index contributed by atoms with van der Waals surface area (Å²) in [4.78, 5) is 48.7. The van der Waals surface area contributed by atoms with E-state index in [1.54, 1.807) is 6.08 Å². The van der Waals surface area contributed by atoms with Gasteiger partial charge in [0.25, 0.3) is 0 Å². The van der Waals surface area contributed by atoms with E-state index in [2.05, 4.69) is 32.9 Å². The Morgan fingerprint density at radius 3 is 2.05 bits per heavy atom. The number of carbonyl (C=O) groups is 4. The molecule has 0 bridgehead atoms. The predicted molar refractivity (Wildman–Crippen MR) is 136 cm³/mol. The van der Waals surface area contributed by atoms with Crippen LogP contribution in [0.5, 0.6) is 0 Å². The van der Waals surface area contributed by atoms with Crippen LogP contribution in [-0.2, 0) is 38.1 Å². The molecule has 210 valence electrons. The van der Waals surface area contributed by atoms with E-state index in [-0.39, 0.29) is 44.3 Å². The maximum atomic E-state index is 12.3. The quantitative estimate of drug-likeness (QED) is 0.241. The van der Waals surface area contributed by atoms with Crippen molar-refractivity contribution in [2.45, 2.75) is 97.6 Å². The summed E-state index contributed by atoms with van der Waals surface area (Å²) < 4.78 is 20.6. The lowest BCUT2D eigenvalue weighted by atomic mass is 10.0. The first-order valence-corrected chi connectivity index (χ1v) is 12.8. The number of carbonyl (C=O) groups excluding carboxylic acids is 4. The first kappa shape index (κ1) is 31.0. The van der Waals surface area contributed by atoms with Crippen LogP contribution in [0.4, 0.5) is 0 Å². The molecule has 2 aliphatic heterocycles. The number of cyclic esters (lactones) is 4. The minimum atomic E-state index is -2.99. The van der Waals surface area contributed by atoms with Gasteiger partial charge in [-0.05, 0) is 59.0 Å². The van der Waals surface area contributed by atoms with Gasteiger partial charge in [0, 0.05) is 12.0 Å². The summed E-state index contributed by atoms with van der Waals surface area (Å²) in [5, 5.41) is 20.8. The molecule has 1 unspecified atom stereocenters. The summed E-state index contributed by atoms with van der Waals surface area (Å²) in [7, 11) is 0. The molecule has 1 atom stereocenters. The van der Waals surface area contributed by atoms with Crippen molar-refractivity contribution in [3.63, 3.8) is 0 Å². The van der Waals surface area contributed by atoms with E-state index in [9.17, 15) is 29.4 Å². The maximum absolute atomic E-state index is 12.3. The molecule has 0 spiro atoms. The molecule has 2 rings (SSSR count). The van der Waals surface area contributed by atoms with Gasteiger partial charge in [-0.15, -0.1) is 0 Å². The van der Waals surface area contributed by atoms with E-state index < -0.39 is 41.7 Å². The molecule has 0 aromatic rings. The molecule has 0 amide bonds. The largest absolute Gasteiger partial charge is 0.457 e. The van der Waals surface area contributed by atoms with Gasteiger partial charge in [-0.3, -0.25) is 19.2 Å². The lowest BCUT2D eigenvalue weighted by molar-refractivity contribution is -0.312. The number of hydrogen-bond donors (Lipinski definition) is 2. The minimum Gasteiger partial charge on any atom is -0.457 e. The van der Waals surface area contributed by atoms with Crippen LogP contribution in [0.1, 0.15) is 85.5 Å². The Kier molecular flexibility index (Phi) is 11.9. The topological polar surface area (TPSA) is 146 Å². The predicted octanol–water partition coefficient (Wildman–Crippen LogP) is 3.82. The third kappa shape index (κ3) is 9.90. The first-order valence-electron chi connectivity index (χ1n) is 12.8. The van der Waals surface area contributed by atoms with E-state index in [1.807, 2.05) is 0 Å². The molecular formula is C28H38O10. The minimum absolute atomic E-state index is 0.0159. The second kappa shape index (κ2) is 14.6. The fraction of sp³-hybridized carbons (Fsp3) is 0.571. The van der Waals surface area contributed by atoms with Gasteiger partial charge in [-0.25, -0.2) is 0 Å². The summed E-state index contributed by atoms with van der Waals surface area (Å²) in [5.74, 6) is -7.08. The molecule has 0 aliphatic carbocycles. The summed E-state index contributed by atoms with van der Waals surface area (Å²) >= 11 is 0. The van der Waals surface area contributed by atoms with Crippen molar-refractivity contribution in [2.75, 3.05) is 6.61 Å². The molecule has 0 aromatic heterocycles. The Morgan fingerprint density at radius 2 is 1.45 bits per heavy atom. The van der Waals surface area contributed by atoms with Crippen LogP contribution in [0, 0.1) is 0 Å². The molecule has 38 heavy (non-hydrogen) atoms. The van der Waals surface area contributed by atoms with Crippen LogP contribution in [-0.4, -0.2) is 52.8 Å². The van der Waals surface area contributed by atoms with Gasteiger partial charge in [0.2, 0.25) is 5.76 Å². The molecule has 2 aliphatic rings. The lowest BCUT2D eigenvalue weighted by Gasteiger charge is -2.29. The summed E-state index contributed by atoms with van der Waals surface area (Å²) in [6, 6.07) is 0. The highest BCUT2D eigenvalue weighted by Crippen LogP contribution is 2.33. The van der Waals surface area contributed by atoms with Crippen LogP contribution < -0.4 is 0 Å². The van der Waals surface area contributed by atoms with E-state index in [1.165, 1.54) is 18.1 Å². The van der Waals surface area contributed by atoms with Gasteiger partial charge in [-0.1, -0.05) is 29.4 Å². The standard InChI is InChI=1S/C28H38O10/c1-18(2)7-5-8-19(3)9-6-10-21(17-29)11-12-22-20(4)27(36-24(31)14-13-23(30)35-22)28(34)37-25(32)15-16-26(33)38-28/h7,9,11,22,29,34H,5-6,8,10,12-17H2,1-4H3/b19-9+,21-11+,27-20+. The SMILES string of the molecule is CC(C)=CCC/C(C)=C/CC/C(=C\CC1OC(=O)CCC(=O)O/C(C2(O)OC(=O)CCC(=O)O2)=C/1C)CO. The normalized spacial score (nSPS) is 23.2.